The van der Waals surface area contributed by atoms with E-state index < -0.39 is 52.0 Å². The second-order valence-corrected chi connectivity index (χ2v) is 15.5. The Hall–Kier alpha value is -6.75. The van der Waals surface area contributed by atoms with Crippen LogP contribution in [0.2, 0.25) is 5.02 Å². The van der Waals surface area contributed by atoms with Gasteiger partial charge in [0.2, 0.25) is 0 Å². The summed E-state index contributed by atoms with van der Waals surface area (Å²) in [4.78, 5) is 48.9. The van der Waals surface area contributed by atoms with Crippen LogP contribution in [-0.4, -0.2) is 34.0 Å². The highest BCUT2D eigenvalue weighted by Crippen LogP contribution is 2.44. The average molecular weight is 873 g/mol. The van der Waals surface area contributed by atoms with E-state index in [1.54, 1.807) is 54.6 Å². The van der Waals surface area contributed by atoms with Crippen LogP contribution in [0.15, 0.2) is 105 Å². The van der Waals surface area contributed by atoms with Crippen molar-refractivity contribution in [3.05, 3.63) is 152 Å². The van der Waals surface area contributed by atoms with Crippen LogP contribution in [0, 0.1) is 23.3 Å². The van der Waals surface area contributed by atoms with E-state index in [-0.39, 0.29) is 60.8 Å². The van der Waals surface area contributed by atoms with Gasteiger partial charge >= 0.3 is 11.9 Å². The second kappa shape index (κ2) is 16.1. The number of para-hydroxylation sites is 2. The van der Waals surface area contributed by atoms with Crippen molar-refractivity contribution in [2.75, 3.05) is 10.6 Å². The van der Waals surface area contributed by atoms with Gasteiger partial charge in [0.05, 0.1) is 0 Å². The zero-order valence-electron chi connectivity index (χ0n) is 30.3. The van der Waals surface area contributed by atoms with Crippen LogP contribution in [0.25, 0.3) is 44.2 Å². The first kappa shape index (κ1) is 40.0. The molecule has 4 N–H and O–H groups in total. The monoisotopic (exact) mass is 872 g/mol. The summed E-state index contributed by atoms with van der Waals surface area (Å²) in [5.41, 5.74) is 0.649. The summed E-state index contributed by atoms with van der Waals surface area (Å²) in [6.07, 6.45) is 1.62. The molecule has 9 rings (SSSR count). The van der Waals surface area contributed by atoms with Crippen LogP contribution in [0.1, 0.15) is 66.1 Å². The normalized spacial score (nSPS) is 12.3. The summed E-state index contributed by atoms with van der Waals surface area (Å²) in [6.45, 7) is 0. The van der Waals surface area contributed by atoms with Crippen molar-refractivity contribution in [2.24, 2.45) is 0 Å². The molecule has 1 saturated carbocycles. The number of hydrogen-bond acceptors (Lipinski definition) is 8. The number of amides is 2. The van der Waals surface area contributed by atoms with Crippen LogP contribution in [0.4, 0.5) is 27.6 Å². The first-order chi connectivity index (χ1) is 28.8. The lowest BCUT2D eigenvalue weighted by Gasteiger charge is -2.09. The second-order valence-electron chi connectivity index (χ2n) is 13.4. The number of carbonyl (C=O) groups is 4. The number of carboxylic acids is 2. The molecule has 1 aliphatic carbocycles. The molecule has 1 fully saturated rings. The number of rotatable bonds is 9. The van der Waals surface area contributed by atoms with Gasteiger partial charge in [0.15, 0.2) is 23.2 Å². The quantitative estimate of drug-likeness (QED) is 0.0824. The van der Waals surface area contributed by atoms with E-state index in [4.69, 9.17) is 20.4 Å². The maximum Gasteiger partial charge on any atom is 0.339 e. The third-order valence-electron chi connectivity index (χ3n) is 9.48. The molecule has 0 unspecified atom stereocenters. The molecule has 0 atom stereocenters. The lowest BCUT2D eigenvalue weighted by molar-refractivity contribution is 0.0688. The number of thiophene rings is 2. The zero-order chi connectivity index (χ0) is 42.4. The van der Waals surface area contributed by atoms with Crippen molar-refractivity contribution in [3.63, 3.8) is 0 Å². The fraction of sp³-hybridized carbons (Fsp3) is 0.0698. The summed E-state index contributed by atoms with van der Waals surface area (Å²) in [6, 6.07) is 21.9. The lowest BCUT2D eigenvalue weighted by atomic mass is 9.99. The topological polar surface area (TPSA) is 159 Å². The summed E-state index contributed by atoms with van der Waals surface area (Å²) >= 11 is 7.32. The third-order valence-corrected chi connectivity index (χ3v) is 11.6. The third kappa shape index (κ3) is 7.75. The standard InChI is InChI=1S/C23H15F2NO4S.C20H10ClF2NO4S/c24-19-13(11-5-6-11)7-8-14(20(19)25)15-10-31-22(18(15)23(28)29)26-21(27)17-9-12-3-1-2-4-16(12)30-17;21-17-12(22)5-10(6-13(17)23)11-8-29-19(16(11)20(26)27)24-18(25)15-7-9-3-1-2-4-14(9)28-15/h1-4,7-11H,5-6H2,(H,26,27)(H,28,29);1-8H,(H,24,25)(H,26,27). The number of hydrogen-bond donors (Lipinski definition) is 4. The van der Waals surface area contributed by atoms with Crippen molar-refractivity contribution >= 4 is 90.0 Å². The van der Waals surface area contributed by atoms with Gasteiger partial charge in [-0.25, -0.2) is 27.2 Å². The Morgan fingerprint density at radius 1 is 0.633 bits per heavy atom. The molecular formula is C43H25ClF4N2O8S2. The van der Waals surface area contributed by atoms with Crippen molar-refractivity contribution < 1.29 is 55.8 Å². The summed E-state index contributed by atoms with van der Waals surface area (Å²) in [7, 11) is 0. The molecule has 17 heteroatoms. The lowest BCUT2D eigenvalue weighted by Crippen LogP contribution is -2.13. The van der Waals surface area contributed by atoms with Crippen LogP contribution < -0.4 is 10.6 Å². The van der Waals surface area contributed by atoms with Crippen molar-refractivity contribution in [1.29, 1.82) is 0 Å². The molecule has 2 amide bonds. The number of nitrogens with one attached hydrogen (secondary N) is 2. The first-order valence-corrected chi connectivity index (χ1v) is 19.8. The van der Waals surface area contributed by atoms with Gasteiger partial charge in [0.25, 0.3) is 11.8 Å². The number of anilines is 2. The smallest absolute Gasteiger partial charge is 0.339 e. The number of benzene rings is 4. The zero-order valence-corrected chi connectivity index (χ0v) is 32.7. The average Bonchev–Trinajstić information content (AvgIpc) is 3.54. The van der Waals surface area contributed by atoms with E-state index in [9.17, 15) is 47.0 Å². The van der Waals surface area contributed by atoms with E-state index in [1.165, 1.54) is 29.0 Å². The van der Waals surface area contributed by atoms with Crippen LogP contribution >= 0.6 is 34.3 Å². The Labute approximate surface area is 348 Å². The van der Waals surface area contributed by atoms with E-state index in [2.05, 4.69) is 10.6 Å². The van der Waals surface area contributed by atoms with Gasteiger partial charge in [0, 0.05) is 38.2 Å². The number of fused-ring (bicyclic) bond motifs is 2. The Morgan fingerprint density at radius 3 is 1.60 bits per heavy atom. The molecule has 302 valence electrons. The van der Waals surface area contributed by atoms with Gasteiger partial charge in [-0.3, -0.25) is 9.59 Å². The molecule has 4 heterocycles. The molecule has 60 heavy (non-hydrogen) atoms. The molecule has 0 radical (unpaired) electrons. The highest BCUT2D eigenvalue weighted by molar-refractivity contribution is 7.15. The van der Waals surface area contributed by atoms with Gasteiger partial charge in [-0.2, -0.15) is 0 Å². The number of carbonyl (C=O) groups excluding carboxylic acids is 2. The summed E-state index contributed by atoms with van der Waals surface area (Å²) in [5.74, 6) is -8.04. The number of furan rings is 2. The Bertz CT molecular complexity index is 2950. The molecule has 8 aromatic rings. The molecule has 4 aromatic heterocycles. The molecular weight excluding hydrogens is 848 g/mol. The highest BCUT2D eigenvalue weighted by atomic mass is 35.5. The predicted molar refractivity (Wildman–Crippen MR) is 219 cm³/mol. The molecule has 1 aliphatic rings. The molecule has 4 aromatic carbocycles. The number of carboxylic acid groups (broad SMARTS) is 2. The van der Waals surface area contributed by atoms with Gasteiger partial charge in [-0.05, 0) is 66.3 Å². The van der Waals surface area contributed by atoms with E-state index in [1.807, 2.05) is 0 Å². The maximum absolute atomic E-state index is 14.8. The van der Waals surface area contributed by atoms with Gasteiger partial charge in [-0.1, -0.05) is 60.1 Å². The minimum absolute atomic E-state index is 0.000991. The van der Waals surface area contributed by atoms with Crippen molar-refractivity contribution in [3.8, 4) is 22.3 Å². The minimum atomic E-state index is -1.36. The van der Waals surface area contributed by atoms with Crippen molar-refractivity contribution in [2.45, 2.75) is 18.8 Å². The van der Waals surface area contributed by atoms with Crippen LogP contribution in [0.3, 0.4) is 0 Å². The van der Waals surface area contributed by atoms with Gasteiger partial charge in [-0.15, -0.1) is 22.7 Å². The minimum Gasteiger partial charge on any atom is -0.478 e. The molecule has 0 bridgehead atoms. The molecule has 0 aliphatic heterocycles. The molecule has 0 saturated heterocycles. The van der Waals surface area contributed by atoms with E-state index >= 15 is 0 Å². The van der Waals surface area contributed by atoms with Crippen LogP contribution in [0.5, 0.6) is 0 Å². The van der Waals surface area contributed by atoms with E-state index in [0.29, 0.717) is 16.7 Å². The fourth-order valence-corrected chi connectivity index (χ4v) is 8.46. The van der Waals surface area contributed by atoms with Crippen molar-refractivity contribution in [1.82, 2.24) is 0 Å². The first-order valence-electron chi connectivity index (χ1n) is 17.7. The Morgan fingerprint density at radius 2 is 1.12 bits per heavy atom. The van der Waals surface area contributed by atoms with Gasteiger partial charge in [0.1, 0.15) is 49.0 Å². The summed E-state index contributed by atoms with van der Waals surface area (Å²) in [5, 5.41) is 27.9. The predicted octanol–water partition coefficient (Wildman–Crippen LogP) is 12.3. The van der Waals surface area contributed by atoms with Crippen LogP contribution in [-0.2, 0) is 0 Å². The SMILES string of the molecule is O=C(Nc1scc(-c2cc(F)c(Cl)c(F)c2)c1C(=O)O)c1cc2ccccc2o1.O=C(Nc1scc(-c2ccc(C3CC3)c(F)c2F)c1C(=O)O)c1cc2ccccc2o1. The number of aromatic carboxylic acids is 2. The highest BCUT2D eigenvalue weighted by Gasteiger charge is 2.31. The Balaban J connectivity index is 0.000000167. The summed E-state index contributed by atoms with van der Waals surface area (Å²) < 4.78 is 67.9. The number of halogens is 5. The Kier molecular flexibility index (Phi) is 10.8. The molecule has 0 spiro atoms. The van der Waals surface area contributed by atoms with Gasteiger partial charge < -0.3 is 29.7 Å². The van der Waals surface area contributed by atoms with E-state index in [0.717, 1.165) is 58.4 Å². The largest absolute Gasteiger partial charge is 0.478 e. The fourth-order valence-electron chi connectivity index (χ4n) is 6.45. The maximum atomic E-state index is 14.8. The molecule has 10 nitrogen and oxygen atoms in total.